The smallest absolute Gasteiger partial charge is 0.167 e. The van der Waals surface area contributed by atoms with Gasteiger partial charge in [-0.2, -0.15) is 0 Å². The summed E-state index contributed by atoms with van der Waals surface area (Å²) in [5.41, 5.74) is 2.11. The van der Waals surface area contributed by atoms with Crippen LogP contribution < -0.4 is 5.32 Å². The fourth-order valence-corrected chi connectivity index (χ4v) is 5.41. The molecule has 1 saturated heterocycles. The van der Waals surface area contributed by atoms with Gasteiger partial charge in [-0.15, -0.1) is 0 Å². The molecule has 4 atom stereocenters. The van der Waals surface area contributed by atoms with Crippen LogP contribution in [-0.4, -0.2) is 59.8 Å². The number of benzene rings is 4. The summed E-state index contributed by atoms with van der Waals surface area (Å²) in [4.78, 5) is 13.2. The Morgan fingerprint density at radius 3 is 2.39 bits per heavy atom. The molecule has 0 radical (unpaired) electrons. The highest BCUT2D eigenvalue weighted by Crippen LogP contribution is 2.36. The Kier molecular flexibility index (Phi) is 4.80. The number of ether oxygens (including phenoxy) is 1. The van der Waals surface area contributed by atoms with Crippen molar-refractivity contribution in [2.45, 2.75) is 31.1 Å². The molecule has 6 aromatic rings. The summed E-state index contributed by atoms with van der Waals surface area (Å²) in [7, 11) is 0. The molecule has 1 fully saturated rings. The van der Waals surface area contributed by atoms with E-state index in [1.807, 2.05) is 0 Å². The molecule has 9 nitrogen and oxygen atoms in total. The summed E-state index contributed by atoms with van der Waals surface area (Å²) in [6.07, 6.45) is -1.29. The number of fused-ring (bicyclic) bond motifs is 1. The highest BCUT2D eigenvalue weighted by atomic mass is 16.6. The largest absolute Gasteiger partial charge is 0.394 e. The Labute approximate surface area is 205 Å². The summed E-state index contributed by atoms with van der Waals surface area (Å²) in [5, 5.41) is 40.8. The maximum Gasteiger partial charge on any atom is 0.167 e. The first-order valence-corrected chi connectivity index (χ1v) is 11.8. The zero-order valence-corrected chi connectivity index (χ0v) is 19.1. The average molecular weight is 482 g/mol. The van der Waals surface area contributed by atoms with E-state index in [4.69, 9.17) is 4.74 Å². The highest BCUT2D eigenvalue weighted by molar-refractivity contribution is 6.23. The first-order chi connectivity index (χ1) is 17.6. The van der Waals surface area contributed by atoms with E-state index in [0.717, 1.165) is 5.56 Å². The number of anilines is 1. The molecule has 2 aromatic heterocycles. The first-order valence-electron chi connectivity index (χ1n) is 11.8. The third-order valence-electron chi connectivity index (χ3n) is 7.22. The number of hydrogen-bond donors (Lipinski definition) is 4. The van der Waals surface area contributed by atoms with Crippen LogP contribution in [0.3, 0.4) is 0 Å². The molecule has 0 saturated carbocycles. The van der Waals surface area contributed by atoms with Crippen molar-refractivity contribution in [2.24, 2.45) is 0 Å². The molecule has 0 bridgehead atoms. The molecular weight excluding hydrogens is 458 g/mol. The fraction of sp³-hybridized carbons (Fsp3) is 0.222. The zero-order valence-electron chi connectivity index (χ0n) is 19.1. The van der Waals surface area contributed by atoms with Crippen molar-refractivity contribution in [1.82, 2.24) is 19.5 Å². The summed E-state index contributed by atoms with van der Waals surface area (Å²) in [5.74, 6) is 0.552. The molecule has 0 amide bonds. The van der Waals surface area contributed by atoms with Crippen LogP contribution in [0, 0.1) is 0 Å². The summed E-state index contributed by atoms with van der Waals surface area (Å²) in [6.45, 7) is 0.128. The standard InChI is InChI=1S/C27H23N5O4/c33-11-19-23(34)24(35)27(36-19)32-13-31-22-25(29-12-30-26(22)32)28-10-17-7-6-16-5-4-14-2-1-3-15-8-9-18(17)21(16)20(14)15/h1-9,12-13,19,23-24,27,33-35H,10-11H2,(H,28,29,30)/t19-,23?,24?,27-/m1/s1. The monoisotopic (exact) mass is 481 g/mol. The van der Waals surface area contributed by atoms with Crippen molar-refractivity contribution in [3.63, 3.8) is 0 Å². The van der Waals surface area contributed by atoms with Gasteiger partial charge >= 0.3 is 0 Å². The van der Waals surface area contributed by atoms with Crippen LogP contribution in [0.25, 0.3) is 43.5 Å². The van der Waals surface area contributed by atoms with Crippen LogP contribution in [0.4, 0.5) is 5.82 Å². The van der Waals surface area contributed by atoms with Gasteiger partial charge in [0.05, 0.1) is 12.9 Å². The fourth-order valence-electron chi connectivity index (χ4n) is 5.41. The van der Waals surface area contributed by atoms with Crippen molar-refractivity contribution < 1.29 is 20.1 Å². The van der Waals surface area contributed by atoms with E-state index in [1.54, 1.807) is 4.57 Å². The topological polar surface area (TPSA) is 126 Å². The molecule has 0 aliphatic carbocycles. The Hall–Kier alpha value is -3.89. The van der Waals surface area contributed by atoms with Crippen molar-refractivity contribution in [3.8, 4) is 0 Å². The van der Waals surface area contributed by atoms with Gasteiger partial charge in [-0.25, -0.2) is 15.0 Å². The zero-order chi connectivity index (χ0) is 24.4. The third-order valence-corrected chi connectivity index (χ3v) is 7.22. The van der Waals surface area contributed by atoms with E-state index in [0.29, 0.717) is 23.5 Å². The number of nitrogens with zero attached hydrogens (tertiary/aromatic N) is 4. The number of aromatic nitrogens is 4. The molecular formula is C27H23N5O4. The van der Waals surface area contributed by atoms with Crippen LogP contribution in [0.15, 0.2) is 67.3 Å². The van der Waals surface area contributed by atoms with Crippen molar-refractivity contribution in [3.05, 3.63) is 72.8 Å². The van der Waals surface area contributed by atoms with Gasteiger partial charge in [-0.05, 0) is 37.9 Å². The number of aliphatic hydroxyl groups is 3. The summed E-state index contributed by atoms with van der Waals surface area (Å²) >= 11 is 0. The Bertz CT molecular complexity index is 1720. The highest BCUT2D eigenvalue weighted by Gasteiger charge is 2.44. The second-order valence-electron chi connectivity index (χ2n) is 9.21. The molecule has 4 N–H and O–H groups in total. The van der Waals surface area contributed by atoms with E-state index < -0.39 is 31.1 Å². The van der Waals surface area contributed by atoms with Gasteiger partial charge in [0.15, 0.2) is 23.2 Å². The van der Waals surface area contributed by atoms with E-state index in [9.17, 15) is 15.3 Å². The maximum atomic E-state index is 10.4. The summed E-state index contributed by atoms with van der Waals surface area (Å²) in [6, 6.07) is 19.3. The van der Waals surface area contributed by atoms with Crippen LogP contribution in [0.1, 0.15) is 11.8 Å². The number of imidazole rings is 1. The predicted octanol–water partition coefficient (Wildman–Crippen LogP) is 2.95. The minimum absolute atomic E-state index is 0.400. The minimum Gasteiger partial charge on any atom is -0.394 e. The third kappa shape index (κ3) is 3.07. The van der Waals surface area contributed by atoms with Gasteiger partial charge in [0, 0.05) is 6.54 Å². The lowest BCUT2D eigenvalue weighted by Gasteiger charge is -2.16. The number of aliphatic hydroxyl groups excluding tert-OH is 3. The van der Waals surface area contributed by atoms with Gasteiger partial charge in [0.2, 0.25) is 0 Å². The minimum atomic E-state index is -1.22. The van der Waals surface area contributed by atoms with Crippen molar-refractivity contribution in [2.75, 3.05) is 11.9 Å². The SMILES string of the molecule is OC[C@H]1O[C@@H](n2cnc3c(NCc4ccc5ccc6cccc7ccc4c5c67)ncnc32)C(O)C1O. The normalized spacial score (nSPS) is 22.4. The first kappa shape index (κ1) is 21.4. The number of rotatable bonds is 5. The second kappa shape index (κ2) is 8.07. The van der Waals surface area contributed by atoms with E-state index in [-0.39, 0.29) is 0 Å². The number of hydrogen-bond acceptors (Lipinski definition) is 8. The molecule has 36 heavy (non-hydrogen) atoms. The second-order valence-corrected chi connectivity index (χ2v) is 9.21. The Balaban J connectivity index is 1.24. The molecule has 9 heteroatoms. The Morgan fingerprint density at radius 2 is 1.61 bits per heavy atom. The molecule has 0 spiro atoms. The number of nitrogens with one attached hydrogen (secondary N) is 1. The van der Waals surface area contributed by atoms with Gasteiger partial charge in [0.1, 0.15) is 24.6 Å². The van der Waals surface area contributed by atoms with Gasteiger partial charge in [0.25, 0.3) is 0 Å². The lowest BCUT2D eigenvalue weighted by molar-refractivity contribution is -0.0511. The van der Waals surface area contributed by atoms with Crippen LogP contribution >= 0.6 is 0 Å². The lowest BCUT2D eigenvalue weighted by atomic mass is 9.92. The Morgan fingerprint density at radius 1 is 0.861 bits per heavy atom. The molecule has 7 rings (SSSR count). The van der Waals surface area contributed by atoms with Crippen LogP contribution in [-0.2, 0) is 11.3 Å². The maximum absolute atomic E-state index is 10.4. The molecule has 180 valence electrons. The van der Waals surface area contributed by atoms with Gasteiger partial charge < -0.3 is 25.4 Å². The van der Waals surface area contributed by atoms with Gasteiger partial charge in [-0.1, -0.05) is 54.6 Å². The average Bonchev–Trinajstić information content (AvgIpc) is 3.47. The summed E-state index contributed by atoms with van der Waals surface area (Å²) < 4.78 is 7.21. The van der Waals surface area contributed by atoms with Crippen molar-refractivity contribution >= 4 is 49.3 Å². The molecule has 4 aromatic carbocycles. The molecule has 3 heterocycles. The molecule has 1 aliphatic heterocycles. The van der Waals surface area contributed by atoms with E-state index in [1.165, 1.54) is 45.0 Å². The predicted molar refractivity (Wildman–Crippen MR) is 136 cm³/mol. The van der Waals surface area contributed by atoms with Crippen LogP contribution in [0.5, 0.6) is 0 Å². The molecule has 1 aliphatic rings. The van der Waals surface area contributed by atoms with Crippen LogP contribution in [0.2, 0.25) is 0 Å². The van der Waals surface area contributed by atoms with Gasteiger partial charge in [-0.3, -0.25) is 4.57 Å². The van der Waals surface area contributed by atoms with E-state index in [2.05, 4.69) is 74.9 Å². The van der Waals surface area contributed by atoms with Crippen molar-refractivity contribution in [1.29, 1.82) is 0 Å². The lowest BCUT2D eigenvalue weighted by Crippen LogP contribution is -2.33. The quantitative estimate of drug-likeness (QED) is 0.277. The molecule has 2 unspecified atom stereocenters. The van der Waals surface area contributed by atoms with E-state index >= 15 is 0 Å².